The summed E-state index contributed by atoms with van der Waals surface area (Å²) in [7, 11) is 0. The van der Waals surface area contributed by atoms with Crippen molar-refractivity contribution in [3.05, 3.63) is 0 Å². The molecule has 0 saturated carbocycles. The summed E-state index contributed by atoms with van der Waals surface area (Å²) in [5.74, 6) is 0.271. The van der Waals surface area contributed by atoms with Crippen LogP contribution >= 0.6 is 0 Å². The van der Waals surface area contributed by atoms with Crippen LogP contribution in [0.4, 0.5) is 0 Å². The zero-order chi connectivity index (χ0) is 6.57. The van der Waals surface area contributed by atoms with Crippen molar-refractivity contribution in [2.24, 2.45) is 11.7 Å². The van der Waals surface area contributed by atoms with Crippen molar-refractivity contribution in [3.8, 4) is 0 Å². The van der Waals surface area contributed by atoms with Crippen LogP contribution in [0.3, 0.4) is 0 Å². The fourth-order valence-electron chi connectivity index (χ4n) is 0.370. The van der Waals surface area contributed by atoms with Crippen LogP contribution in [0.1, 0.15) is 20.3 Å². The summed E-state index contributed by atoms with van der Waals surface area (Å²) in [5, 5.41) is 0. The molecule has 0 aliphatic carbocycles. The molecule has 0 heterocycles. The smallest absolute Gasteiger partial charge is 0.216 e. The first-order chi connectivity index (χ1) is 3.72. The van der Waals surface area contributed by atoms with Crippen LogP contribution in [0.5, 0.6) is 0 Å². The number of hydrogen-bond donors (Lipinski definition) is 1. The van der Waals surface area contributed by atoms with Crippen molar-refractivity contribution in [2.45, 2.75) is 26.3 Å². The van der Waals surface area contributed by atoms with E-state index in [0.717, 1.165) is 6.42 Å². The largest absolute Gasteiger partial charge is 0.321 e. The van der Waals surface area contributed by atoms with Gasteiger partial charge in [0.25, 0.3) is 0 Å². The van der Waals surface area contributed by atoms with E-state index in [0.29, 0.717) is 0 Å². The van der Waals surface area contributed by atoms with Gasteiger partial charge in [0.2, 0.25) is 6.29 Å². The topological polar surface area (TPSA) is 43.1 Å². The molecule has 0 rings (SSSR count). The molecule has 0 saturated heterocycles. The van der Waals surface area contributed by atoms with E-state index in [-0.39, 0.29) is 12.0 Å². The van der Waals surface area contributed by atoms with Gasteiger partial charge in [-0.3, -0.25) is 4.79 Å². The van der Waals surface area contributed by atoms with Crippen molar-refractivity contribution in [2.75, 3.05) is 0 Å². The second-order valence-corrected chi connectivity index (χ2v) is 2.03. The molecule has 0 unspecified atom stereocenters. The molecule has 2 N–H and O–H groups in total. The third-order valence-corrected chi connectivity index (χ3v) is 1.39. The van der Waals surface area contributed by atoms with Crippen molar-refractivity contribution >= 4 is 6.29 Å². The fraction of sp³-hybridized carbons (Fsp3) is 0.833. The molecule has 0 aliphatic heterocycles. The van der Waals surface area contributed by atoms with Crippen LogP contribution in [0.2, 0.25) is 0 Å². The Hall–Kier alpha value is -0.370. The van der Waals surface area contributed by atoms with E-state index in [1.807, 2.05) is 13.8 Å². The third-order valence-electron chi connectivity index (χ3n) is 1.39. The van der Waals surface area contributed by atoms with Gasteiger partial charge in [-0.05, 0) is 5.92 Å². The Kier molecular flexibility index (Phi) is 3.44. The van der Waals surface area contributed by atoms with Gasteiger partial charge in [0.15, 0.2) is 0 Å². The number of hydrogen-bond acceptors (Lipinski definition) is 2. The number of carbonyl (C=O) groups excluding carboxylic acids is 1. The Labute approximate surface area is 50.1 Å². The maximum atomic E-state index is 9.86. The average molecular weight is 114 g/mol. The second kappa shape index (κ2) is 3.61. The molecule has 0 amide bonds. The first-order valence-electron chi connectivity index (χ1n) is 2.85. The van der Waals surface area contributed by atoms with Crippen molar-refractivity contribution < 1.29 is 4.79 Å². The van der Waals surface area contributed by atoms with Crippen LogP contribution in [-0.2, 0) is 4.79 Å². The summed E-state index contributed by atoms with van der Waals surface area (Å²) >= 11 is 0. The van der Waals surface area contributed by atoms with Gasteiger partial charge in [0, 0.05) is 0 Å². The molecule has 2 atom stereocenters. The third kappa shape index (κ3) is 2.07. The molecule has 0 fully saturated rings. The first kappa shape index (κ1) is 7.63. The van der Waals surface area contributed by atoms with Gasteiger partial charge in [-0.25, -0.2) is 0 Å². The fourth-order valence-corrected chi connectivity index (χ4v) is 0.370. The van der Waals surface area contributed by atoms with Gasteiger partial charge < -0.3 is 5.73 Å². The first-order valence-corrected chi connectivity index (χ1v) is 2.85. The summed E-state index contributed by atoms with van der Waals surface area (Å²) in [4.78, 5) is 9.86. The zero-order valence-electron chi connectivity index (χ0n) is 5.35. The van der Waals surface area contributed by atoms with Crippen molar-refractivity contribution in [1.82, 2.24) is 0 Å². The second-order valence-electron chi connectivity index (χ2n) is 2.03. The molecule has 0 aromatic heterocycles. The van der Waals surface area contributed by atoms with Gasteiger partial charge >= 0.3 is 0 Å². The average Bonchev–Trinajstić information content (AvgIpc) is 1.84. The van der Waals surface area contributed by atoms with Gasteiger partial charge in [-0.2, -0.15) is 0 Å². The molecule has 0 bridgehead atoms. The maximum absolute atomic E-state index is 9.86. The lowest BCUT2D eigenvalue weighted by molar-refractivity contribution is 0.477. The molecular formula is C6H12NO. The highest BCUT2D eigenvalue weighted by molar-refractivity contribution is 5.58. The molecule has 0 spiro atoms. The van der Waals surface area contributed by atoms with E-state index in [2.05, 4.69) is 0 Å². The Morgan fingerprint density at radius 3 is 2.38 bits per heavy atom. The highest BCUT2D eigenvalue weighted by atomic mass is 16.1. The molecule has 8 heavy (non-hydrogen) atoms. The number of rotatable bonds is 3. The minimum Gasteiger partial charge on any atom is -0.321 e. The van der Waals surface area contributed by atoms with Crippen LogP contribution in [-0.4, -0.2) is 12.3 Å². The van der Waals surface area contributed by atoms with E-state index >= 15 is 0 Å². The summed E-state index contributed by atoms with van der Waals surface area (Å²) in [5.41, 5.74) is 5.30. The summed E-state index contributed by atoms with van der Waals surface area (Å²) in [6.07, 6.45) is 2.68. The molecule has 0 aromatic carbocycles. The SMILES string of the molecule is CC[C@H](C)[C@@H](N)[C]=O. The highest BCUT2D eigenvalue weighted by Crippen LogP contribution is 2.01. The lowest BCUT2D eigenvalue weighted by Gasteiger charge is -2.08. The van der Waals surface area contributed by atoms with Gasteiger partial charge in [0.05, 0.1) is 6.04 Å². The van der Waals surface area contributed by atoms with Gasteiger partial charge in [-0.15, -0.1) is 0 Å². The van der Waals surface area contributed by atoms with E-state index in [9.17, 15) is 4.79 Å². The van der Waals surface area contributed by atoms with E-state index < -0.39 is 0 Å². The van der Waals surface area contributed by atoms with Gasteiger partial charge in [-0.1, -0.05) is 20.3 Å². The molecule has 0 aliphatic rings. The molecule has 1 radical (unpaired) electrons. The van der Waals surface area contributed by atoms with Crippen molar-refractivity contribution in [1.29, 1.82) is 0 Å². The summed E-state index contributed by atoms with van der Waals surface area (Å²) in [6.45, 7) is 3.94. The van der Waals surface area contributed by atoms with E-state index in [1.54, 1.807) is 6.29 Å². The lowest BCUT2D eigenvalue weighted by atomic mass is 10.0. The Morgan fingerprint density at radius 1 is 1.75 bits per heavy atom. The predicted molar refractivity (Wildman–Crippen MR) is 33.1 cm³/mol. The van der Waals surface area contributed by atoms with Crippen molar-refractivity contribution in [3.63, 3.8) is 0 Å². The molecule has 2 nitrogen and oxygen atoms in total. The lowest BCUT2D eigenvalue weighted by Crippen LogP contribution is -2.28. The van der Waals surface area contributed by atoms with Crippen LogP contribution in [0.25, 0.3) is 0 Å². The normalized spacial score (nSPS) is 17.4. The molecular weight excluding hydrogens is 102 g/mol. The van der Waals surface area contributed by atoms with Gasteiger partial charge in [0.1, 0.15) is 0 Å². The minimum atomic E-state index is -0.389. The number of nitrogens with two attached hydrogens (primary N) is 1. The summed E-state index contributed by atoms with van der Waals surface area (Å²) < 4.78 is 0. The summed E-state index contributed by atoms with van der Waals surface area (Å²) in [6, 6.07) is -0.389. The molecule has 2 heteroatoms. The zero-order valence-corrected chi connectivity index (χ0v) is 5.35. The standard InChI is InChI=1S/C6H12NO/c1-3-5(2)6(7)4-8/h5-6H,3,7H2,1-2H3/t5-,6-/m0/s1. The van der Waals surface area contributed by atoms with E-state index in [1.165, 1.54) is 0 Å². The van der Waals surface area contributed by atoms with Crippen LogP contribution < -0.4 is 5.73 Å². The molecule has 47 valence electrons. The Bertz CT molecular complexity index is 72.9. The predicted octanol–water partition coefficient (Wildman–Crippen LogP) is 0.470. The Balaban J connectivity index is 3.44. The minimum absolute atomic E-state index is 0.271. The monoisotopic (exact) mass is 114 g/mol. The van der Waals surface area contributed by atoms with E-state index in [4.69, 9.17) is 5.73 Å². The molecule has 0 aromatic rings. The highest BCUT2D eigenvalue weighted by Gasteiger charge is 2.08. The quantitative estimate of drug-likeness (QED) is 0.579. The maximum Gasteiger partial charge on any atom is 0.216 e. The Morgan fingerprint density at radius 2 is 2.25 bits per heavy atom. The van der Waals surface area contributed by atoms with Crippen LogP contribution in [0.15, 0.2) is 0 Å². The van der Waals surface area contributed by atoms with Crippen LogP contribution in [0, 0.1) is 5.92 Å².